The molecule has 0 aromatic heterocycles. The Labute approximate surface area is 160 Å². The number of sulfonamides is 1. The van der Waals surface area contributed by atoms with E-state index >= 15 is 0 Å². The van der Waals surface area contributed by atoms with Gasteiger partial charge < -0.3 is 5.32 Å². The number of hydrogen-bond acceptors (Lipinski definition) is 3. The Bertz CT molecular complexity index is 898. The number of halogens is 1. The highest BCUT2D eigenvalue weighted by atomic mass is 32.2. The van der Waals surface area contributed by atoms with Gasteiger partial charge in [-0.15, -0.1) is 0 Å². The van der Waals surface area contributed by atoms with Crippen LogP contribution in [0.5, 0.6) is 0 Å². The van der Waals surface area contributed by atoms with Crippen LogP contribution in [0, 0.1) is 18.7 Å². The predicted octanol–water partition coefficient (Wildman–Crippen LogP) is 2.80. The van der Waals surface area contributed by atoms with Gasteiger partial charge in [0, 0.05) is 6.54 Å². The molecule has 1 atom stereocenters. The molecule has 0 radical (unpaired) electrons. The average Bonchev–Trinajstić information content (AvgIpc) is 2.61. The van der Waals surface area contributed by atoms with Crippen molar-refractivity contribution in [1.29, 1.82) is 0 Å². The van der Waals surface area contributed by atoms with Gasteiger partial charge in [-0.25, -0.2) is 12.8 Å². The van der Waals surface area contributed by atoms with Crippen molar-refractivity contribution in [2.75, 3.05) is 6.54 Å². The summed E-state index contributed by atoms with van der Waals surface area (Å²) < 4.78 is 41.1. The first-order chi connectivity index (χ1) is 12.7. The fraction of sp³-hybridized carbons (Fsp3) is 0.350. The molecular weight excluding hydrogens is 367 g/mol. The molecule has 5 nitrogen and oxygen atoms in total. The summed E-state index contributed by atoms with van der Waals surface area (Å²) in [6.45, 7) is 5.84. The van der Waals surface area contributed by atoms with E-state index in [1.807, 2.05) is 31.2 Å². The molecule has 27 heavy (non-hydrogen) atoms. The van der Waals surface area contributed by atoms with Crippen molar-refractivity contribution in [3.05, 3.63) is 65.5 Å². The number of nitrogens with one attached hydrogen (secondary N) is 2. The summed E-state index contributed by atoms with van der Waals surface area (Å²) in [4.78, 5) is 12.1. The number of carbonyl (C=O) groups is 1. The maximum atomic E-state index is 13.8. The molecule has 7 heteroatoms. The van der Waals surface area contributed by atoms with Crippen molar-refractivity contribution in [2.45, 2.75) is 38.1 Å². The summed E-state index contributed by atoms with van der Waals surface area (Å²) in [6, 6.07) is 12.0. The Morgan fingerprint density at radius 1 is 1.07 bits per heavy atom. The lowest BCUT2D eigenvalue weighted by Crippen LogP contribution is -2.50. The van der Waals surface area contributed by atoms with Crippen LogP contribution in [0.15, 0.2) is 53.4 Å². The Kier molecular flexibility index (Phi) is 7.10. The highest BCUT2D eigenvalue weighted by molar-refractivity contribution is 7.89. The first-order valence-corrected chi connectivity index (χ1v) is 10.3. The van der Waals surface area contributed by atoms with Crippen molar-refractivity contribution in [3.63, 3.8) is 0 Å². The second-order valence-corrected chi connectivity index (χ2v) is 8.42. The number of carbonyl (C=O) groups excluding carboxylic acids is 1. The molecule has 0 aliphatic carbocycles. The van der Waals surface area contributed by atoms with Crippen LogP contribution in [-0.2, 0) is 21.2 Å². The maximum absolute atomic E-state index is 13.8. The molecule has 0 heterocycles. The molecule has 0 spiro atoms. The third kappa shape index (κ3) is 5.61. The van der Waals surface area contributed by atoms with Gasteiger partial charge in [0.25, 0.3) is 0 Å². The number of benzene rings is 2. The van der Waals surface area contributed by atoms with Crippen LogP contribution in [0.4, 0.5) is 4.39 Å². The van der Waals surface area contributed by atoms with Gasteiger partial charge in [-0.3, -0.25) is 4.79 Å². The summed E-state index contributed by atoms with van der Waals surface area (Å²) in [5.41, 5.74) is 2.25. The number of hydrogen-bond donors (Lipinski definition) is 2. The largest absolute Gasteiger partial charge is 0.354 e. The lowest BCUT2D eigenvalue weighted by atomic mass is 10.0. The Morgan fingerprint density at radius 3 is 2.33 bits per heavy atom. The number of rotatable bonds is 8. The van der Waals surface area contributed by atoms with E-state index < -0.39 is 32.7 Å². The predicted molar refractivity (Wildman–Crippen MR) is 103 cm³/mol. The molecule has 0 unspecified atom stereocenters. The third-order valence-corrected chi connectivity index (χ3v) is 5.79. The van der Waals surface area contributed by atoms with E-state index in [9.17, 15) is 17.6 Å². The topological polar surface area (TPSA) is 75.3 Å². The SMILES string of the molecule is Cc1ccccc1CCNC(=O)[C@@H](NS(=O)(=O)c1ccccc1F)C(C)C. The maximum Gasteiger partial charge on any atom is 0.244 e. The first kappa shape index (κ1) is 21.1. The van der Waals surface area contributed by atoms with Gasteiger partial charge in [0.2, 0.25) is 15.9 Å². The molecule has 2 N–H and O–H groups in total. The number of aryl methyl sites for hydroxylation is 1. The summed E-state index contributed by atoms with van der Waals surface area (Å²) in [7, 11) is -4.15. The van der Waals surface area contributed by atoms with Crippen LogP contribution in [0.1, 0.15) is 25.0 Å². The highest BCUT2D eigenvalue weighted by Gasteiger charge is 2.29. The van der Waals surface area contributed by atoms with E-state index in [0.29, 0.717) is 13.0 Å². The fourth-order valence-corrected chi connectivity index (χ4v) is 4.13. The first-order valence-electron chi connectivity index (χ1n) is 8.81. The molecule has 0 aliphatic rings. The van der Waals surface area contributed by atoms with E-state index in [1.165, 1.54) is 18.2 Å². The molecule has 0 saturated carbocycles. The van der Waals surface area contributed by atoms with Gasteiger partial charge in [0.1, 0.15) is 16.8 Å². The summed E-state index contributed by atoms with van der Waals surface area (Å²) in [5.74, 6) is -1.59. The van der Waals surface area contributed by atoms with Gasteiger partial charge in [0.05, 0.1) is 0 Å². The smallest absolute Gasteiger partial charge is 0.244 e. The van der Waals surface area contributed by atoms with Crippen LogP contribution >= 0.6 is 0 Å². The molecule has 0 fully saturated rings. The quantitative estimate of drug-likeness (QED) is 0.725. The zero-order valence-electron chi connectivity index (χ0n) is 15.7. The van der Waals surface area contributed by atoms with E-state index in [2.05, 4.69) is 10.0 Å². The van der Waals surface area contributed by atoms with Crippen molar-refractivity contribution in [3.8, 4) is 0 Å². The lowest BCUT2D eigenvalue weighted by Gasteiger charge is -2.22. The van der Waals surface area contributed by atoms with Gasteiger partial charge in [-0.05, 0) is 42.5 Å². The average molecular weight is 392 g/mol. The van der Waals surface area contributed by atoms with Gasteiger partial charge in [0.15, 0.2) is 0 Å². The van der Waals surface area contributed by atoms with E-state index in [0.717, 1.165) is 17.2 Å². The van der Waals surface area contributed by atoms with Gasteiger partial charge in [-0.1, -0.05) is 50.2 Å². The number of amides is 1. The third-order valence-electron chi connectivity index (χ3n) is 4.31. The van der Waals surface area contributed by atoms with E-state index in [1.54, 1.807) is 13.8 Å². The van der Waals surface area contributed by atoms with Gasteiger partial charge in [-0.2, -0.15) is 4.72 Å². The van der Waals surface area contributed by atoms with E-state index in [-0.39, 0.29) is 5.92 Å². The molecule has 0 bridgehead atoms. The molecular formula is C20H25FN2O3S. The second-order valence-electron chi connectivity index (χ2n) is 6.74. The second kappa shape index (κ2) is 9.10. The van der Waals surface area contributed by atoms with Crippen molar-refractivity contribution >= 4 is 15.9 Å². The minimum atomic E-state index is -4.15. The minimum Gasteiger partial charge on any atom is -0.354 e. The lowest BCUT2D eigenvalue weighted by molar-refractivity contribution is -0.123. The van der Waals surface area contributed by atoms with Crippen LogP contribution in [0.2, 0.25) is 0 Å². The van der Waals surface area contributed by atoms with Crippen LogP contribution in [0.25, 0.3) is 0 Å². The monoisotopic (exact) mass is 392 g/mol. The van der Waals surface area contributed by atoms with Gasteiger partial charge >= 0.3 is 0 Å². The summed E-state index contributed by atoms with van der Waals surface area (Å²) >= 11 is 0. The van der Waals surface area contributed by atoms with Crippen molar-refractivity contribution in [1.82, 2.24) is 10.0 Å². The summed E-state index contributed by atoms with van der Waals surface area (Å²) in [6.07, 6.45) is 0.642. The molecule has 2 aromatic carbocycles. The normalized spacial score (nSPS) is 12.8. The molecule has 2 aromatic rings. The molecule has 0 saturated heterocycles. The molecule has 1 amide bonds. The molecule has 146 valence electrons. The standard InChI is InChI=1S/C20H25FN2O3S/c1-14(2)19(23-27(25,26)18-11-7-6-10-17(18)21)20(24)22-13-12-16-9-5-4-8-15(16)3/h4-11,14,19,23H,12-13H2,1-3H3,(H,22,24)/t19-/m0/s1. The summed E-state index contributed by atoms with van der Waals surface area (Å²) in [5, 5.41) is 2.77. The van der Waals surface area contributed by atoms with Crippen LogP contribution in [-0.4, -0.2) is 26.9 Å². The van der Waals surface area contributed by atoms with Crippen LogP contribution < -0.4 is 10.0 Å². The molecule has 0 aliphatic heterocycles. The Hall–Kier alpha value is -2.25. The Morgan fingerprint density at radius 2 is 1.70 bits per heavy atom. The van der Waals surface area contributed by atoms with E-state index in [4.69, 9.17) is 0 Å². The zero-order chi connectivity index (χ0) is 20.0. The van der Waals surface area contributed by atoms with Crippen molar-refractivity contribution in [2.24, 2.45) is 5.92 Å². The fourth-order valence-electron chi connectivity index (χ4n) is 2.71. The zero-order valence-corrected chi connectivity index (χ0v) is 16.5. The Balaban J connectivity index is 2.05. The van der Waals surface area contributed by atoms with Crippen molar-refractivity contribution < 1.29 is 17.6 Å². The minimum absolute atomic E-state index is 0.301. The molecule has 2 rings (SSSR count). The van der Waals surface area contributed by atoms with Crippen LogP contribution in [0.3, 0.4) is 0 Å². The highest BCUT2D eigenvalue weighted by Crippen LogP contribution is 2.15.